The Morgan fingerprint density at radius 1 is 0.886 bits per heavy atom. The largest absolute Gasteiger partial charge is 0.365 e. The number of hydrogen-bond donors (Lipinski definition) is 1. The van der Waals surface area contributed by atoms with Crippen LogP contribution in [-0.2, 0) is 19.4 Å². The molecule has 6 heteroatoms. The van der Waals surface area contributed by atoms with E-state index in [9.17, 15) is 0 Å². The van der Waals surface area contributed by atoms with Gasteiger partial charge in [0.15, 0.2) is 0 Å². The molecule has 3 aromatic rings. The molecule has 6 rings (SSSR count). The molecule has 0 aliphatic carbocycles. The van der Waals surface area contributed by atoms with E-state index in [4.69, 9.17) is 9.97 Å². The minimum Gasteiger partial charge on any atom is -0.365 e. The summed E-state index contributed by atoms with van der Waals surface area (Å²) >= 11 is 0. The number of hydrogen-bond acceptors (Lipinski definition) is 6. The van der Waals surface area contributed by atoms with Crippen molar-refractivity contribution in [2.45, 2.75) is 46.1 Å². The van der Waals surface area contributed by atoms with E-state index in [1.807, 2.05) is 0 Å². The van der Waals surface area contributed by atoms with Crippen molar-refractivity contribution in [1.82, 2.24) is 20.2 Å². The summed E-state index contributed by atoms with van der Waals surface area (Å²) in [6.45, 7) is 13.0. The molecule has 0 bridgehead atoms. The van der Waals surface area contributed by atoms with Crippen LogP contribution in [0.4, 0.5) is 11.5 Å². The number of nitrogens with zero attached hydrogens (tertiary/aromatic N) is 5. The maximum absolute atomic E-state index is 4.97. The average molecular weight is 473 g/mol. The van der Waals surface area contributed by atoms with E-state index in [0.717, 1.165) is 57.9 Å². The molecule has 0 spiro atoms. The van der Waals surface area contributed by atoms with Gasteiger partial charge in [-0.1, -0.05) is 37.3 Å². The summed E-state index contributed by atoms with van der Waals surface area (Å²) in [5, 5.41) is 6.13. The second kappa shape index (κ2) is 10.9. The van der Waals surface area contributed by atoms with Crippen molar-refractivity contribution in [2.75, 3.05) is 62.7 Å². The summed E-state index contributed by atoms with van der Waals surface area (Å²) in [4.78, 5) is 17.2. The van der Waals surface area contributed by atoms with Gasteiger partial charge in [0.05, 0.1) is 12.2 Å². The van der Waals surface area contributed by atoms with Crippen LogP contribution in [0.25, 0.3) is 10.8 Å². The molecule has 3 aliphatic rings. The zero-order valence-electron chi connectivity index (χ0n) is 21.7. The number of aromatic nitrogens is 2. The number of nitrogens with one attached hydrogen (secondary N) is 1. The van der Waals surface area contributed by atoms with E-state index in [1.54, 1.807) is 0 Å². The van der Waals surface area contributed by atoms with E-state index in [1.165, 1.54) is 65.0 Å². The second-order valence-electron chi connectivity index (χ2n) is 10.1. The fraction of sp³-hybridized carbons (Fsp3) is 0.517. The van der Waals surface area contributed by atoms with Crippen molar-refractivity contribution in [2.24, 2.45) is 0 Å². The Kier molecular flexibility index (Phi) is 7.49. The first-order chi connectivity index (χ1) is 17.1. The molecule has 3 aliphatic heterocycles. The first kappa shape index (κ1) is 24.0. The minimum atomic E-state index is 0.859. The fourth-order valence-corrected chi connectivity index (χ4v) is 5.61. The standard InChI is InChI=1S/C24H29N5.C5H11N/c1-3-22-26-20-16-29(21-9-5-8-18-7-4-6-17(2)23(18)21)13-10-19(20)24(27-22)28-14-11-25-12-15-28;1-6-4-2-3-5-6/h4-9,25H,3,10-16H2,1-2H3;2-5H2,1H3. The number of piperazine rings is 1. The van der Waals surface area contributed by atoms with Gasteiger partial charge in [-0.2, -0.15) is 0 Å². The predicted molar refractivity (Wildman–Crippen MR) is 147 cm³/mol. The van der Waals surface area contributed by atoms with Crippen LogP contribution in [0, 0.1) is 6.92 Å². The lowest BCUT2D eigenvalue weighted by Crippen LogP contribution is -2.45. The Labute approximate surface area is 210 Å². The Morgan fingerprint density at radius 3 is 2.31 bits per heavy atom. The number of likely N-dealkylation sites (tertiary alicyclic amines) is 1. The highest BCUT2D eigenvalue weighted by Gasteiger charge is 2.26. The van der Waals surface area contributed by atoms with Crippen LogP contribution in [0.3, 0.4) is 0 Å². The third kappa shape index (κ3) is 5.29. The van der Waals surface area contributed by atoms with Gasteiger partial charge in [0, 0.05) is 55.8 Å². The maximum Gasteiger partial charge on any atom is 0.136 e. The Morgan fingerprint density at radius 2 is 1.63 bits per heavy atom. The van der Waals surface area contributed by atoms with Crippen molar-refractivity contribution in [3.63, 3.8) is 0 Å². The first-order valence-corrected chi connectivity index (χ1v) is 13.4. The highest BCUT2D eigenvalue weighted by atomic mass is 15.2. The zero-order chi connectivity index (χ0) is 24.2. The van der Waals surface area contributed by atoms with E-state index >= 15 is 0 Å². The quantitative estimate of drug-likeness (QED) is 0.617. The monoisotopic (exact) mass is 472 g/mol. The van der Waals surface area contributed by atoms with Crippen LogP contribution < -0.4 is 15.1 Å². The molecule has 186 valence electrons. The molecule has 35 heavy (non-hydrogen) atoms. The molecule has 0 unspecified atom stereocenters. The van der Waals surface area contributed by atoms with Gasteiger partial charge in [0.1, 0.15) is 11.6 Å². The van der Waals surface area contributed by atoms with Gasteiger partial charge in [-0.3, -0.25) is 0 Å². The lowest BCUT2D eigenvalue weighted by molar-refractivity contribution is 0.418. The van der Waals surface area contributed by atoms with Gasteiger partial charge >= 0.3 is 0 Å². The number of benzene rings is 2. The molecule has 0 amide bonds. The van der Waals surface area contributed by atoms with Crippen molar-refractivity contribution in [3.05, 3.63) is 59.0 Å². The molecule has 0 atom stereocenters. The number of fused-ring (bicyclic) bond motifs is 2. The highest BCUT2D eigenvalue weighted by Crippen LogP contribution is 2.34. The molecule has 6 nitrogen and oxygen atoms in total. The van der Waals surface area contributed by atoms with Gasteiger partial charge in [-0.05, 0) is 63.3 Å². The van der Waals surface area contributed by atoms with E-state index in [0.29, 0.717) is 0 Å². The van der Waals surface area contributed by atoms with Crippen molar-refractivity contribution in [1.29, 1.82) is 0 Å². The second-order valence-corrected chi connectivity index (χ2v) is 10.1. The van der Waals surface area contributed by atoms with Gasteiger partial charge in [0.25, 0.3) is 0 Å². The molecular weight excluding hydrogens is 432 g/mol. The van der Waals surface area contributed by atoms with Crippen LogP contribution in [0.15, 0.2) is 36.4 Å². The van der Waals surface area contributed by atoms with Gasteiger partial charge in [0.2, 0.25) is 0 Å². The summed E-state index contributed by atoms with van der Waals surface area (Å²) in [5.74, 6) is 2.15. The smallest absolute Gasteiger partial charge is 0.136 e. The molecule has 2 aromatic carbocycles. The molecule has 1 N–H and O–H groups in total. The summed E-state index contributed by atoms with van der Waals surface area (Å²) in [7, 11) is 2.17. The molecule has 0 radical (unpaired) electrons. The van der Waals surface area contributed by atoms with Crippen LogP contribution in [0.1, 0.15) is 42.4 Å². The van der Waals surface area contributed by atoms with Crippen LogP contribution in [0.2, 0.25) is 0 Å². The molecule has 2 fully saturated rings. The lowest BCUT2D eigenvalue weighted by atomic mass is 9.99. The SMILES string of the molecule is CCc1nc2c(c(N3CCNCC3)n1)CCN(c1cccc3cccc(C)c13)C2.CN1CCCC1. The third-order valence-electron chi connectivity index (χ3n) is 7.58. The maximum atomic E-state index is 4.97. The fourth-order valence-electron chi connectivity index (χ4n) is 5.61. The molecular formula is C29H40N6. The third-order valence-corrected chi connectivity index (χ3v) is 7.58. The Hall–Kier alpha value is -2.70. The topological polar surface area (TPSA) is 47.5 Å². The molecule has 0 saturated carbocycles. The molecule has 1 aromatic heterocycles. The molecule has 4 heterocycles. The van der Waals surface area contributed by atoms with Crippen LogP contribution >= 0.6 is 0 Å². The average Bonchev–Trinajstić information content (AvgIpc) is 3.39. The lowest BCUT2D eigenvalue weighted by Gasteiger charge is -2.35. The minimum absolute atomic E-state index is 0.859. The Bertz CT molecular complexity index is 1140. The van der Waals surface area contributed by atoms with Gasteiger partial charge in [-0.25, -0.2) is 9.97 Å². The van der Waals surface area contributed by atoms with Gasteiger partial charge < -0.3 is 20.0 Å². The zero-order valence-corrected chi connectivity index (χ0v) is 21.7. The van der Waals surface area contributed by atoms with Gasteiger partial charge in [-0.15, -0.1) is 0 Å². The van der Waals surface area contributed by atoms with Crippen molar-refractivity contribution >= 4 is 22.3 Å². The number of aryl methyl sites for hydroxylation is 2. The van der Waals surface area contributed by atoms with Crippen molar-refractivity contribution < 1.29 is 0 Å². The Balaban J connectivity index is 0.000000371. The van der Waals surface area contributed by atoms with Crippen molar-refractivity contribution in [3.8, 4) is 0 Å². The number of rotatable bonds is 3. The summed E-state index contributed by atoms with van der Waals surface area (Å²) in [6.07, 6.45) is 4.70. The highest BCUT2D eigenvalue weighted by molar-refractivity contribution is 5.97. The van der Waals surface area contributed by atoms with E-state index in [2.05, 4.69) is 77.3 Å². The summed E-state index contributed by atoms with van der Waals surface area (Å²) in [6, 6.07) is 13.2. The molecule has 2 saturated heterocycles. The van der Waals surface area contributed by atoms with Crippen LogP contribution in [-0.4, -0.2) is 67.7 Å². The van der Waals surface area contributed by atoms with E-state index < -0.39 is 0 Å². The number of anilines is 2. The van der Waals surface area contributed by atoms with E-state index in [-0.39, 0.29) is 0 Å². The summed E-state index contributed by atoms with van der Waals surface area (Å²) < 4.78 is 0. The first-order valence-electron chi connectivity index (χ1n) is 13.4. The van der Waals surface area contributed by atoms with Crippen LogP contribution in [0.5, 0.6) is 0 Å². The summed E-state index contributed by atoms with van der Waals surface area (Å²) in [5.41, 5.74) is 5.23. The normalized spacial score (nSPS) is 18.4. The predicted octanol–water partition coefficient (Wildman–Crippen LogP) is 4.18.